The van der Waals surface area contributed by atoms with E-state index in [1.165, 1.54) is 0 Å². The predicted octanol–water partition coefficient (Wildman–Crippen LogP) is -1.85. The van der Waals surface area contributed by atoms with E-state index in [4.69, 9.17) is 0 Å². The van der Waals surface area contributed by atoms with Crippen LogP contribution in [0.2, 0.25) is 0 Å². The van der Waals surface area contributed by atoms with Crippen molar-refractivity contribution in [3.05, 3.63) is 0 Å². The van der Waals surface area contributed by atoms with E-state index in [-0.39, 0.29) is 51.4 Å². The van der Waals surface area contributed by atoms with Crippen LogP contribution in [0, 0.1) is 5.92 Å². The van der Waals surface area contributed by atoms with Gasteiger partial charge in [-0.15, -0.1) is 0 Å². The number of nitrogens with one attached hydrogen (secondary N) is 1. The second-order valence-electron chi connectivity index (χ2n) is 2.61. The van der Waals surface area contributed by atoms with Gasteiger partial charge in [-0.1, -0.05) is 13.8 Å². The maximum atomic E-state index is 11.5. The molecule has 0 rings (SSSR count). The van der Waals surface area contributed by atoms with Crippen molar-refractivity contribution in [2.24, 2.45) is 5.92 Å². The van der Waals surface area contributed by atoms with Crippen LogP contribution in [0.4, 0.5) is 12.9 Å². The second-order valence-corrected chi connectivity index (χ2v) is 2.61. The van der Waals surface area contributed by atoms with Gasteiger partial charge in [-0.2, -0.15) is 0 Å². The van der Waals surface area contributed by atoms with E-state index in [0.29, 0.717) is 0 Å². The van der Waals surface area contributed by atoms with Crippen LogP contribution >= 0.6 is 0 Å². The summed E-state index contributed by atoms with van der Waals surface area (Å²) in [4.78, 5) is 10.6. The van der Waals surface area contributed by atoms with Crippen LogP contribution in [0.5, 0.6) is 0 Å². The van der Waals surface area contributed by atoms with Crippen molar-refractivity contribution < 1.29 is 69.1 Å². The van der Waals surface area contributed by atoms with Crippen molar-refractivity contribution in [2.75, 3.05) is 6.44 Å². The maximum absolute atomic E-state index is 11.5. The van der Waals surface area contributed by atoms with E-state index in [0.717, 1.165) is 0 Å². The maximum Gasteiger partial charge on any atom is 1.00 e. The van der Waals surface area contributed by atoms with Gasteiger partial charge in [0.25, 0.3) is 0 Å². The summed E-state index contributed by atoms with van der Waals surface area (Å²) in [5.74, 6) is -0.961. The molecule has 12 heavy (non-hydrogen) atoms. The van der Waals surface area contributed by atoms with Crippen molar-refractivity contribution in [3.63, 3.8) is 0 Å². The van der Waals surface area contributed by atoms with E-state index >= 15 is 0 Å². The molecule has 0 atom stereocenters. The zero-order valence-corrected chi connectivity index (χ0v) is 10.5. The Morgan fingerprint density at radius 1 is 1.42 bits per heavy atom. The number of hydrogen-bond donors (Lipinski definition) is 1. The Labute approximate surface area is 112 Å². The first-order valence-electron chi connectivity index (χ1n) is 3.31. The molecule has 2 nitrogen and oxygen atoms in total. The third kappa shape index (κ3) is 9.05. The molecule has 0 fully saturated rings. The summed E-state index contributed by atoms with van der Waals surface area (Å²) in [6.07, 6.45) is -1.18. The molecular formula is C5H10BF3KNO. The summed E-state index contributed by atoms with van der Waals surface area (Å²) in [6.45, 7) is -1.81. The molecular weight excluding hydrogens is 197 g/mol. The van der Waals surface area contributed by atoms with Gasteiger partial charge in [-0.25, -0.2) is 0 Å². The molecule has 1 amide bonds. The molecule has 1 N–H and O–H groups in total. The first kappa shape index (κ1) is 15.4. The zero-order chi connectivity index (χ0) is 9.07. The van der Waals surface area contributed by atoms with Crippen LogP contribution in [0.15, 0.2) is 0 Å². The molecule has 0 aliphatic carbocycles. The summed E-state index contributed by atoms with van der Waals surface area (Å²) in [5.41, 5.74) is 0. The van der Waals surface area contributed by atoms with Crippen molar-refractivity contribution in [1.29, 1.82) is 0 Å². The number of carbonyl (C=O) groups is 1. The summed E-state index contributed by atoms with van der Waals surface area (Å²) >= 11 is 0. The third-order valence-corrected chi connectivity index (χ3v) is 1.03. The van der Waals surface area contributed by atoms with Crippen LogP contribution in [-0.2, 0) is 4.79 Å². The fourth-order valence-corrected chi connectivity index (χ4v) is 0.420. The number of rotatable bonds is 3. The second kappa shape index (κ2) is 6.42. The molecule has 66 valence electrons. The molecule has 0 saturated carbocycles. The average Bonchev–Trinajstić information content (AvgIpc) is 1.80. The third-order valence-electron chi connectivity index (χ3n) is 1.03. The Morgan fingerprint density at radius 2 is 1.83 bits per heavy atom. The van der Waals surface area contributed by atoms with Crippen LogP contribution < -0.4 is 56.7 Å². The molecule has 0 aromatic heterocycles. The van der Waals surface area contributed by atoms with E-state index in [2.05, 4.69) is 0 Å². The fraction of sp³-hybridized carbons (Fsp3) is 0.800. The molecule has 0 aromatic carbocycles. The Kier molecular flexibility index (Phi) is 8.26. The van der Waals surface area contributed by atoms with E-state index in [1.807, 2.05) is 0 Å². The first-order chi connectivity index (χ1) is 4.83. The first-order valence-corrected chi connectivity index (χ1v) is 3.31. The molecule has 0 aliphatic heterocycles. The monoisotopic (exact) mass is 207 g/mol. The van der Waals surface area contributed by atoms with Gasteiger partial charge in [0, 0.05) is 5.92 Å². The topological polar surface area (TPSA) is 29.1 Å². The summed E-state index contributed by atoms with van der Waals surface area (Å²) in [5, 5.41) is 1.79. The number of halogens is 3. The molecule has 0 heterocycles. The van der Waals surface area contributed by atoms with Crippen LogP contribution in [-0.4, -0.2) is 19.3 Å². The van der Waals surface area contributed by atoms with Crippen LogP contribution in [0.1, 0.15) is 13.8 Å². The van der Waals surface area contributed by atoms with E-state index in [9.17, 15) is 17.7 Å². The van der Waals surface area contributed by atoms with Gasteiger partial charge in [0.2, 0.25) is 5.91 Å². The normalized spacial score (nSPS) is 10.8. The molecule has 0 aromatic rings. The average molecular weight is 207 g/mol. The molecule has 0 aliphatic rings. The number of hydrogen-bond acceptors (Lipinski definition) is 1. The van der Waals surface area contributed by atoms with Gasteiger partial charge in [-0.05, 0) is 6.44 Å². The molecule has 0 bridgehead atoms. The van der Waals surface area contributed by atoms with Gasteiger partial charge in [0.15, 0.2) is 0 Å². The van der Waals surface area contributed by atoms with Gasteiger partial charge in [0.05, 0.1) is 0 Å². The minimum Gasteiger partial charge on any atom is -0.448 e. The molecule has 0 unspecified atom stereocenters. The fourth-order valence-electron chi connectivity index (χ4n) is 0.420. The van der Waals surface area contributed by atoms with Crippen LogP contribution in [0.25, 0.3) is 0 Å². The van der Waals surface area contributed by atoms with Gasteiger partial charge >= 0.3 is 58.4 Å². The van der Waals surface area contributed by atoms with Crippen molar-refractivity contribution in [3.8, 4) is 0 Å². The standard InChI is InChI=1S/C5H10BF3NO.K/c1-4(2)5(11)10-3-6(7,8)9;/h4H,3H2,1-2H3,(H,10,11);/q-1;+1. The smallest absolute Gasteiger partial charge is 0.448 e. The Morgan fingerprint density at radius 3 is 2.08 bits per heavy atom. The van der Waals surface area contributed by atoms with Gasteiger partial charge < -0.3 is 18.3 Å². The molecule has 0 radical (unpaired) electrons. The quantitative estimate of drug-likeness (QED) is 0.541. The molecule has 7 heteroatoms. The zero-order valence-electron chi connectivity index (χ0n) is 7.40. The molecule has 0 saturated heterocycles. The Hall–Kier alpha value is 0.961. The number of amides is 1. The largest absolute Gasteiger partial charge is 1.00 e. The van der Waals surface area contributed by atoms with E-state index < -0.39 is 25.2 Å². The number of carbonyl (C=O) groups excluding carboxylic acids is 1. The van der Waals surface area contributed by atoms with Crippen LogP contribution in [0.3, 0.4) is 0 Å². The van der Waals surface area contributed by atoms with Gasteiger partial charge in [0.1, 0.15) is 0 Å². The predicted molar refractivity (Wildman–Crippen MR) is 36.9 cm³/mol. The van der Waals surface area contributed by atoms with Crippen molar-refractivity contribution >= 4 is 12.9 Å². The summed E-state index contributed by atoms with van der Waals surface area (Å²) in [6, 6.07) is 0. The van der Waals surface area contributed by atoms with Crippen molar-refractivity contribution in [2.45, 2.75) is 13.8 Å². The Balaban J connectivity index is 0. The van der Waals surface area contributed by atoms with Crippen molar-refractivity contribution in [1.82, 2.24) is 5.32 Å². The minimum atomic E-state index is -4.89. The van der Waals surface area contributed by atoms with E-state index in [1.54, 1.807) is 19.2 Å². The molecule has 0 spiro atoms. The SMILES string of the molecule is CC(C)C(=O)NC[B-](F)(F)F.[K+]. The minimum absolute atomic E-state index is 0. The summed E-state index contributed by atoms with van der Waals surface area (Å²) < 4.78 is 34.6. The summed E-state index contributed by atoms with van der Waals surface area (Å²) in [7, 11) is 0. The van der Waals surface area contributed by atoms with Gasteiger partial charge in [-0.3, -0.25) is 4.79 Å². The Bertz CT molecular complexity index is 150.